The third-order valence-corrected chi connectivity index (χ3v) is 3.55. The van der Waals surface area contributed by atoms with Crippen LogP contribution in [0.15, 0.2) is 17.0 Å². The molecule has 3 N–H and O–H groups in total. The molecule has 0 atom stereocenters. The van der Waals surface area contributed by atoms with Crippen molar-refractivity contribution in [1.82, 2.24) is 5.32 Å². The van der Waals surface area contributed by atoms with Gasteiger partial charge in [0.1, 0.15) is 0 Å². The van der Waals surface area contributed by atoms with Crippen molar-refractivity contribution < 1.29 is 9.59 Å². The number of nitrogens with one attached hydrogen (secondary N) is 1. The summed E-state index contributed by atoms with van der Waals surface area (Å²) in [7, 11) is 0. The lowest BCUT2D eigenvalue weighted by Gasteiger charge is -2.10. The first-order chi connectivity index (χ1) is 7.90. The quantitative estimate of drug-likeness (QED) is 0.807. The number of primary amides is 1. The Morgan fingerprint density at radius 2 is 1.76 bits per heavy atom. The molecule has 1 rings (SSSR count). The second-order valence-electron chi connectivity index (χ2n) is 3.93. The van der Waals surface area contributed by atoms with Crippen LogP contribution in [0.2, 0.25) is 0 Å². The van der Waals surface area contributed by atoms with E-state index in [2.05, 4.69) is 12.1 Å². The number of amides is 3. The molecule has 1 aromatic rings. The lowest BCUT2D eigenvalue weighted by atomic mass is 10.1. The molecule has 0 aliphatic carbocycles. The number of nitrogens with two attached hydrogens (primary N) is 1. The summed E-state index contributed by atoms with van der Waals surface area (Å²) in [5.41, 5.74) is 8.34. The van der Waals surface area contributed by atoms with Gasteiger partial charge in [-0.15, -0.1) is 11.8 Å². The minimum atomic E-state index is -0.812. The van der Waals surface area contributed by atoms with Crippen LogP contribution < -0.4 is 11.1 Å². The molecule has 3 amide bonds. The van der Waals surface area contributed by atoms with Gasteiger partial charge in [0.25, 0.3) is 0 Å². The molecule has 0 unspecified atom stereocenters. The topological polar surface area (TPSA) is 72.2 Å². The van der Waals surface area contributed by atoms with Gasteiger partial charge in [0.2, 0.25) is 5.91 Å². The molecule has 0 aliphatic rings. The molecule has 0 bridgehead atoms. The second-order valence-corrected chi connectivity index (χ2v) is 4.91. The van der Waals surface area contributed by atoms with E-state index in [-0.39, 0.29) is 11.7 Å². The van der Waals surface area contributed by atoms with Crippen LogP contribution in [-0.2, 0) is 4.79 Å². The van der Waals surface area contributed by atoms with Crippen molar-refractivity contribution in [2.24, 2.45) is 5.73 Å². The smallest absolute Gasteiger partial charge is 0.318 e. The van der Waals surface area contributed by atoms with Crippen LogP contribution in [0.3, 0.4) is 0 Å². The summed E-state index contributed by atoms with van der Waals surface area (Å²) in [6.45, 7) is 6.05. The summed E-state index contributed by atoms with van der Waals surface area (Å²) in [6.07, 6.45) is 0. The van der Waals surface area contributed by atoms with Gasteiger partial charge in [-0.1, -0.05) is 17.7 Å². The Morgan fingerprint density at radius 3 is 2.24 bits per heavy atom. The van der Waals surface area contributed by atoms with E-state index >= 15 is 0 Å². The number of aryl methyl sites for hydroxylation is 3. The summed E-state index contributed by atoms with van der Waals surface area (Å²) in [5.74, 6) is -0.185. The highest BCUT2D eigenvalue weighted by atomic mass is 32.2. The minimum Gasteiger partial charge on any atom is -0.351 e. The van der Waals surface area contributed by atoms with Crippen LogP contribution >= 0.6 is 11.8 Å². The number of hydrogen-bond donors (Lipinski definition) is 2. The van der Waals surface area contributed by atoms with Crippen molar-refractivity contribution in [3.8, 4) is 0 Å². The predicted octanol–water partition coefficient (Wildman–Crippen LogP) is 1.90. The molecule has 0 aliphatic heterocycles. The molecule has 0 aromatic heterocycles. The molecule has 0 heterocycles. The molecule has 0 saturated carbocycles. The van der Waals surface area contributed by atoms with Crippen molar-refractivity contribution in [2.75, 3.05) is 5.75 Å². The van der Waals surface area contributed by atoms with E-state index in [1.54, 1.807) is 0 Å². The number of imide groups is 1. The van der Waals surface area contributed by atoms with Gasteiger partial charge >= 0.3 is 6.03 Å². The maximum atomic E-state index is 11.3. The fourth-order valence-electron chi connectivity index (χ4n) is 1.71. The molecule has 0 radical (unpaired) electrons. The predicted molar refractivity (Wildman–Crippen MR) is 69.1 cm³/mol. The van der Waals surface area contributed by atoms with E-state index in [4.69, 9.17) is 5.73 Å². The molecule has 0 fully saturated rings. The SMILES string of the molecule is Cc1cc(C)c(SCC(=O)NC(N)=O)c(C)c1. The summed E-state index contributed by atoms with van der Waals surface area (Å²) in [6, 6.07) is 3.33. The van der Waals surface area contributed by atoms with E-state index in [0.29, 0.717) is 0 Å². The summed E-state index contributed by atoms with van der Waals surface area (Å²) in [4.78, 5) is 22.8. The average molecular weight is 252 g/mol. The van der Waals surface area contributed by atoms with Crippen LogP contribution in [0.1, 0.15) is 16.7 Å². The molecule has 4 nitrogen and oxygen atoms in total. The maximum absolute atomic E-state index is 11.3. The van der Waals surface area contributed by atoms with Gasteiger partial charge in [0.15, 0.2) is 0 Å². The van der Waals surface area contributed by atoms with Gasteiger partial charge in [-0.05, 0) is 31.9 Å². The number of benzene rings is 1. The zero-order valence-electron chi connectivity index (χ0n) is 10.2. The van der Waals surface area contributed by atoms with E-state index in [1.807, 2.05) is 26.1 Å². The fourth-order valence-corrected chi connectivity index (χ4v) is 2.63. The Morgan fingerprint density at radius 1 is 1.24 bits per heavy atom. The zero-order valence-corrected chi connectivity index (χ0v) is 11.0. The number of hydrogen-bond acceptors (Lipinski definition) is 3. The standard InChI is InChI=1S/C12H16N2O2S/c1-7-4-8(2)11(9(3)5-7)17-6-10(15)14-12(13)16/h4-5H,6H2,1-3H3,(H3,13,14,15,16). The third-order valence-electron chi connectivity index (χ3n) is 2.21. The molecule has 92 valence electrons. The van der Waals surface area contributed by atoms with Crippen molar-refractivity contribution in [2.45, 2.75) is 25.7 Å². The molecule has 5 heteroatoms. The van der Waals surface area contributed by atoms with Crippen molar-refractivity contribution in [3.63, 3.8) is 0 Å². The maximum Gasteiger partial charge on any atom is 0.318 e. The van der Waals surface area contributed by atoms with Crippen LogP contribution in [-0.4, -0.2) is 17.7 Å². The third kappa shape index (κ3) is 4.11. The van der Waals surface area contributed by atoms with E-state index < -0.39 is 6.03 Å². The Balaban J connectivity index is 2.70. The van der Waals surface area contributed by atoms with Gasteiger partial charge in [0.05, 0.1) is 5.75 Å². The Labute approximate surface area is 105 Å². The molecule has 0 saturated heterocycles. The average Bonchev–Trinajstić information content (AvgIpc) is 2.14. The number of carbonyl (C=O) groups excluding carboxylic acids is 2. The van der Waals surface area contributed by atoms with Crippen LogP contribution in [0, 0.1) is 20.8 Å². The number of rotatable bonds is 3. The van der Waals surface area contributed by atoms with Gasteiger partial charge in [-0.3, -0.25) is 10.1 Å². The van der Waals surface area contributed by atoms with Gasteiger partial charge < -0.3 is 5.73 Å². The fraction of sp³-hybridized carbons (Fsp3) is 0.333. The minimum absolute atomic E-state index is 0.188. The Kier molecular flexibility index (Phi) is 4.57. The molecule has 0 spiro atoms. The normalized spacial score (nSPS) is 10.1. The second kappa shape index (κ2) is 5.72. The number of carbonyl (C=O) groups is 2. The first-order valence-corrected chi connectivity index (χ1v) is 6.18. The van der Waals surface area contributed by atoms with Crippen molar-refractivity contribution in [1.29, 1.82) is 0 Å². The largest absolute Gasteiger partial charge is 0.351 e. The highest BCUT2D eigenvalue weighted by molar-refractivity contribution is 8.00. The van der Waals surface area contributed by atoms with E-state index in [1.165, 1.54) is 17.3 Å². The lowest BCUT2D eigenvalue weighted by molar-refractivity contribution is -0.117. The van der Waals surface area contributed by atoms with Gasteiger partial charge in [0, 0.05) is 4.90 Å². The molecule has 17 heavy (non-hydrogen) atoms. The van der Waals surface area contributed by atoms with E-state index in [9.17, 15) is 9.59 Å². The first kappa shape index (κ1) is 13.6. The van der Waals surface area contributed by atoms with Crippen molar-refractivity contribution in [3.05, 3.63) is 28.8 Å². The van der Waals surface area contributed by atoms with Crippen LogP contribution in [0.4, 0.5) is 4.79 Å². The number of urea groups is 1. The summed E-state index contributed by atoms with van der Waals surface area (Å²) >= 11 is 1.41. The number of thioether (sulfide) groups is 1. The van der Waals surface area contributed by atoms with Crippen molar-refractivity contribution >= 4 is 23.7 Å². The monoisotopic (exact) mass is 252 g/mol. The van der Waals surface area contributed by atoms with Crippen LogP contribution in [0.5, 0.6) is 0 Å². The highest BCUT2D eigenvalue weighted by Crippen LogP contribution is 2.27. The van der Waals surface area contributed by atoms with Gasteiger partial charge in [-0.2, -0.15) is 0 Å². The van der Waals surface area contributed by atoms with E-state index in [0.717, 1.165) is 16.0 Å². The Bertz CT molecular complexity index is 435. The summed E-state index contributed by atoms with van der Waals surface area (Å²) in [5, 5.41) is 2.04. The summed E-state index contributed by atoms with van der Waals surface area (Å²) < 4.78 is 0. The molecule has 1 aromatic carbocycles. The lowest BCUT2D eigenvalue weighted by Crippen LogP contribution is -2.36. The Hall–Kier alpha value is -1.49. The zero-order chi connectivity index (χ0) is 13.0. The first-order valence-electron chi connectivity index (χ1n) is 5.20. The molecular formula is C12H16N2O2S. The van der Waals surface area contributed by atoms with Gasteiger partial charge in [-0.25, -0.2) is 4.79 Å². The van der Waals surface area contributed by atoms with Crippen LogP contribution in [0.25, 0.3) is 0 Å². The molecular weight excluding hydrogens is 236 g/mol. The highest BCUT2D eigenvalue weighted by Gasteiger charge is 2.09.